The molecule has 0 saturated heterocycles. The number of aromatic nitrogens is 2. The van der Waals surface area contributed by atoms with E-state index in [4.69, 9.17) is 11.6 Å². The maximum absolute atomic E-state index is 12.6. The summed E-state index contributed by atoms with van der Waals surface area (Å²) in [5, 5.41) is 10.4. The second-order valence-electron chi connectivity index (χ2n) is 6.25. The molecule has 0 radical (unpaired) electrons. The van der Waals surface area contributed by atoms with Crippen molar-refractivity contribution in [1.29, 1.82) is 0 Å². The Balaban J connectivity index is 1.80. The summed E-state index contributed by atoms with van der Waals surface area (Å²) in [6.07, 6.45) is 1.68. The van der Waals surface area contributed by atoms with Gasteiger partial charge < -0.3 is 10.6 Å². The lowest BCUT2D eigenvalue weighted by molar-refractivity contribution is 0.0944. The van der Waals surface area contributed by atoms with Crippen molar-refractivity contribution in [2.75, 3.05) is 5.32 Å². The maximum atomic E-state index is 12.6. The Labute approximate surface area is 162 Å². The summed E-state index contributed by atoms with van der Waals surface area (Å²) in [5.41, 5.74) is 1.80. The van der Waals surface area contributed by atoms with E-state index in [1.807, 2.05) is 26.0 Å². The summed E-state index contributed by atoms with van der Waals surface area (Å²) in [6, 6.07) is 15.6. The highest BCUT2D eigenvalue weighted by molar-refractivity contribution is 6.30. The van der Waals surface area contributed by atoms with Gasteiger partial charge in [-0.25, -0.2) is 4.68 Å². The van der Waals surface area contributed by atoms with Gasteiger partial charge in [-0.15, -0.1) is 0 Å². The summed E-state index contributed by atoms with van der Waals surface area (Å²) in [7, 11) is 0. The van der Waals surface area contributed by atoms with Gasteiger partial charge in [0.05, 0.1) is 16.9 Å². The zero-order valence-corrected chi connectivity index (χ0v) is 15.7. The van der Waals surface area contributed by atoms with Gasteiger partial charge in [-0.05, 0) is 50.2 Å². The van der Waals surface area contributed by atoms with Gasteiger partial charge in [0.15, 0.2) is 5.69 Å². The molecule has 0 saturated carbocycles. The molecule has 3 rings (SSSR count). The number of hydrogen-bond acceptors (Lipinski definition) is 3. The van der Waals surface area contributed by atoms with Gasteiger partial charge in [-0.2, -0.15) is 5.10 Å². The second-order valence-corrected chi connectivity index (χ2v) is 6.69. The number of anilines is 1. The second kappa shape index (κ2) is 8.05. The summed E-state index contributed by atoms with van der Waals surface area (Å²) < 4.78 is 1.57. The van der Waals surface area contributed by atoms with Crippen molar-refractivity contribution < 1.29 is 9.59 Å². The Morgan fingerprint density at radius 1 is 1.04 bits per heavy atom. The van der Waals surface area contributed by atoms with Crippen molar-refractivity contribution in [3.63, 3.8) is 0 Å². The van der Waals surface area contributed by atoms with E-state index in [0.29, 0.717) is 16.3 Å². The zero-order valence-electron chi connectivity index (χ0n) is 14.9. The third-order valence-corrected chi connectivity index (χ3v) is 3.97. The van der Waals surface area contributed by atoms with E-state index < -0.39 is 5.91 Å². The molecule has 2 N–H and O–H groups in total. The van der Waals surface area contributed by atoms with Crippen molar-refractivity contribution in [3.05, 3.63) is 77.1 Å². The molecule has 0 atom stereocenters. The van der Waals surface area contributed by atoms with Gasteiger partial charge in [-0.1, -0.05) is 29.8 Å². The van der Waals surface area contributed by atoms with Crippen LogP contribution in [0.4, 0.5) is 5.69 Å². The Hall–Kier alpha value is -3.12. The fraction of sp³-hybridized carbons (Fsp3) is 0.150. The number of amides is 2. The number of carbonyl (C=O) groups is 2. The van der Waals surface area contributed by atoms with Crippen LogP contribution in [0.1, 0.15) is 34.7 Å². The molecule has 2 amide bonds. The monoisotopic (exact) mass is 382 g/mol. The molecule has 0 spiro atoms. The Morgan fingerprint density at radius 3 is 2.56 bits per heavy atom. The fourth-order valence-electron chi connectivity index (χ4n) is 2.52. The van der Waals surface area contributed by atoms with Crippen LogP contribution in [0.2, 0.25) is 5.02 Å². The van der Waals surface area contributed by atoms with E-state index >= 15 is 0 Å². The lowest BCUT2D eigenvalue weighted by Gasteiger charge is -2.12. The molecule has 27 heavy (non-hydrogen) atoms. The van der Waals surface area contributed by atoms with Crippen LogP contribution in [0.3, 0.4) is 0 Å². The minimum Gasteiger partial charge on any atom is -0.350 e. The number of para-hydroxylation sites is 1. The molecule has 0 bridgehead atoms. The normalized spacial score (nSPS) is 10.7. The molecule has 0 fully saturated rings. The van der Waals surface area contributed by atoms with Gasteiger partial charge in [0, 0.05) is 17.3 Å². The molecule has 138 valence electrons. The molecule has 3 aromatic rings. The highest BCUT2D eigenvalue weighted by Gasteiger charge is 2.16. The number of rotatable bonds is 5. The van der Waals surface area contributed by atoms with E-state index in [1.54, 1.807) is 53.3 Å². The molecule has 1 heterocycles. The first kappa shape index (κ1) is 18.7. The Kier molecular flexibility index (Phi) is 5.57. The fourth-order valence-corrected chi connectivity index (χ4v) is 2.71. The quantitative estimate of drug-likeness (QED) is 0.702. The smallest absolute Gasteiger partial charge is 0.276 e. The predicted octanol–water partition coefficient (Wildman–Crippen LogP) is 3.92. The first-order valence-electron chi connectivity index (χ1n) is 8.47. The third kappa shape index (κ3) is 4.54. The molecule has 0 aliphatic carbocycles. The number of nitrogens with one attached hydrogen (secondary N) is 2. The molecular weight excluding hydrogens is 364 g/mol. The Morgan fingerprint density at radius 2 is 1.81 bits per heavy atom. The van der Waals surface area contributed by atoms with Crippen LogP contribution in [0.25, 0.3) is 5.69 Å². The summed E-state index contributed by atoms with van der Waals surface area (Å²) in [6.45, 7) is 3.75. The van der Waals surface area contributed by atoms with E-state index in [9.17, 15) is 9.59 Å². The van der Waals surface area contributed by atoms with Gasteiger partial charge in [-0.3, -0.25) is 9.59 Å². The molecule has 6 nitrogen and oxygen atoms in total. The van der Waals surface area contributed by atoms with Crippen molar-refractivity contribution in [1.82, 2.24) is 15.1 Å². The highest BCUT2D eigenvalue weighted by atomic mass is 35.5. The molecule has 0 aliphatic rings. The van der Waals surface area contributed by atoms with Crippen molar-refractivity contribution in [2.45, 2.75) is 19.9 Å². The lowest BCUT2D eigenvalue weighted by Crippen LogP contribution is -2.31. The number of hydrogen-bond donors (Lipinski definition) is 2. The van der Waals surface area contributed by atoms with Gasteiger partial charge in [0.2, 0.25) is 0 Å². The zero-order chi connectivity index (χ0) is 19.4. The SMILES string of the molecule is CC(C)NC(=O)c1ccccc1NC(=O)c1ccn(-c2cccc(Cl)c2)n1. The standard InChI is InChI=1S/C20H19ClN4O2/c1-13(2)22-19(26)16-8-3-4-9-17(16)23-20(27)18-10-11-25(24-18)15-7-5-6-14(21)12-15/h3-13H,1-2H3,(H,22,26)(H,23,27). The summed E-state index contributed by atoms with van der Waals surface area (Å²) in [4.78, 5) is 24.9. The molecule has 2 aromatic carbocycles. The average Bonchev–Trinajstić information content (AvgIpc) is 3.12. The number of carbonyl (C=O) groups excluding carboxylic acids is 2. The van der Waals surface area contributed by atoms with Crippen molar-refractivity contribution in [3.8, 4) is 5.69 Å². The van der Waals surface area contributed by atoms with Crippen LogP contribution in [0.5, 0.6) is 0 Å². The van der Waals surface area contributed by atoms with Crippen LogP contribution >= 0.6 is 11.6 Å². The number of halogens is 1. The van der Waals surface area contributed by atoms with E-state index in [2.05, 4.69) is 15.7 Å². The van der Waals surface area contributed by atoms with Crippen LogP contribution < -0.4 is 10.6 Å². The van der Waals surface area contributed by atoms with Crippen molar-refractivity contribution >= 4 is 29.1 Å². The number of nitrogens with zero attached hydrogens (tertiary/aromatic N) is 2. The van der Waals surface area contributed by atoms with E-state index in [0.717, 1.165) is 5.69 Å². The molecule has 1 aromatic heterocycles. The molecule has 7 heteroatoms. The van der Waals surface area contributed by atoms with Gasteiger partial charge in [0.1, 0.15) is 0 Å². The third-order valence-electron chi connectivity index (χ3n) is 3.73. The van der Waals surface area contributed by atoms with E-state index in [-0.39, 0.29) is 17.6 Å². The minimum absolute atomic E-state index is 0.00495. The molecular formula is C20H19ClN4O2. The molecule has 0 aliphatic heterocycles. The van der Waals surface area contributed by atoms with Gasteiger partial charge >= 0.3 is 0 Å². The van der Waals surface area contributed by atoms with Crippen molar-refractivity contribution in [2.24, 2.45) is 0 Å². The van der Waals surface area contributed by atoms with Crippen LogP contribution in [-0.4, -0.2) is 27.6 Å². The lowest BCUT2D eigenvalue weighted by atomic mass is 10.1. The summed E-state index contributed by atoms with van der Waals surface area (Å²) >= 11 is 6.00. The predicted molar refractivity (Wildman–Crippen MR) is 106 cm³/mol. The van der Waals surface area contributed by atoms with Gasteiger partial charge in [0.25, 0.3) is 11.8 Å². The first-order chi connectivity index (χ1) is 12.9. The van der Waals surface area contributed by atoms with Crippen LogP contribution in [-0.2, 0) is 0 Å². The molecule has 0 unspecified atom stereocenters. The summed E-state index contributed by atoms with van der Waals surface area (Å²) in [5.74, 6) is -0.647. The average molecular weight is 383 g/mol. The van der Waals surface area contributed by atoms with Crippen LogP contribution in [0.15, 0.2) is 60.8 Å². The van der Waals surface area contributed by atoms with E-state index in [1.165, 1.54) is 0 Å². The maximum Gasteiger partial charge on any atom is 0.276 e. The Bertz CT molecular complexity index is 981. The van der Waals surface area contributed by atoms with Crippen LogP contribution in [0, 0.1) is 0 Å². The largest absolute Gasteiger partial charge is 0.350 e. The topological polar surface area (TPSA) is 76.0 Å². The first-order valence-corrected chi connectivity index (χ1v) is 8.84. The minimum atomic E-state index is -0.402. The number of benzene rings is 2. The highest BCUT2D eigenvalue weighted by Crippen LogP contribution is 2.17.